The second-order valence-electron chi connectivity index (χ2n) is 7.53. The van der Waals surface area contributed by atoms with E-state index in [1.807, 2.05) is 60.0 Å². The number of hydrogen-bond acceptors (Lipinski definition) is 5. The molecule has 0 aliphatic carbocycles. The number of nitrogens with zero attached hydrogens (tertiary/aromatic N) is 3. The lowest BCUT2D eigenvalue weighted by molar-refractivity contribution is -0.126. The van der Waals surface area contributed by atoms with Crippen molar-refractivity contribution in [3.63, 3.8) is 0 Å². The van der Waals surface area contributed by atoms with Crippen LogP contribution in [0.1, 0.15) is 11.4 Å². The first-order valence-corrected chi connectivity index (χ1v) is 11.1. The van der Waals surface area contributed by atoms with Gasteiger partial charge in [0.15, 0.2) is 5.82 Å². The third-order valence-corrected chi connectivity index (χ3v) is 6.37. The van der Waals surface area contributed by atoms with Crippen molar-refractivity contribution >= 4 is 39.9 Å². The number of thiazole rings is 1. The molecule has 1 aliphatic heterocycles. The molecule has 1 aliphatic rings. The van der Waals surface area contributed by atoms with Gasteiger partial charge in [0, 0.05) is 42.3 Å². The minimum Gasteiger partial charge on any atom is -0.355 e. The van der Waals surface area contributed by atoms with Crippen molar-refractivity contribution in [2.75, 3.05) is 18.0 Å². The summed E-state index contributed by atoms with van der Waals surface area (Å²) in [6.45, 7) is 0.839. The fourth-order valence-corrected chi connectivity index (χ4v) is 4.65. The SMILES string of the molecule is O=C(NCCc1nc(-c2ccccc2)cs1)[C@H]1CC(=O)N(c2n[nH]c3ccccc23)C1. The first kappa shape index (κ1) is 19.4. The average molecular weight is 432 g/mol. The van der Waals surface area contributed by atoms with Crippen LogP contribution >= 0.6 is 11.3 Å². The number of aromatic amines is 1. The fraction of sp³-hybridized carbons (Fsp3) is 0.217. The molecule has 0 saturated carbocycles. The average Bonchev–Trinajstić information content (AvgIpc) is 3.52. The summed E-state index contributed by atoms with van der Waals surface area (Å²) < 4.78 is 0. The molecule has 7 nitrogen and oxygen atoms in total. The number of rotatable bonds is 6. The number of amides is 2. The molecule has 8 heteroatoms. The first-order chi connectivity index (χ1) is 15.2. The summed E-state index contributed by atoms with van der Waals surface area (Å²) in [6, 6.07) is 17.7. The van der Waals surface area contributed by atoms with Crippen molar-refractivity contribution in [1.82, 2.24) is 20.5 Å². The maximum absolute atomic E-state index is 12.7. The second-order valence-corrected chi connectivity index (χ2v) is 8.47. The van der Waals surface area contributed by atoms with Crippen LogP contribution in [0.15, 0.2) is 60.0 Å². The maximum Gasteiger partial charge on any atom is 0.229 e. The molecule has 3 heterocycles. The van der Waals surface area contributed by atoms with Gasteiger partial charge in [-0.05, 0) is 12.1 Å². The highest BCUT2D eigenvalue weighted by molar-refractivity contribution is 7.09. The van der Waals surface area contributed by atoms with Crippen LogP contribution in [0.25, 0.3) is 22.2 Å². The van der Waals surface area contributed by atoms with Crippen LogP contribution in [0.5, 0.6) is 0 Å². The number of fused-ring (bicyclic) bond motifs is 1. The van der Waals surface area contributed by atoms with Crippen LogP contribution in [0.3, 0.4) is 0 Å². The summed E-state index contributed by atoms with van der Waals surface area (Å²) in [5.74, 6) is 0.0339. The number of carbonyl (C=O) groups is 2. The number of anilines is 1. The minimum atomic E-state index is -0.376. The number of H-pyrrole nitrogens is 1. The van der Waals surface area contributed by atoms with E-state index in [4.69, 9.17) is 0 Å². The standard InChI is InChI=1S/C23H21N5O2S/c29-21-12-16(13-28(21)22-17-8-4-5-9-18(17)26-27-22)23(30)24-11-10-20-25-19(14-31-20)15-6-2-1-3-7-15/h1-9,14,16H,10-13H2,(H,24,30)(H,26,27)/t16-/m0/s1. The highest BCUT2D eigenvalue weighted by Gasteiger charge is 2.36. The van der Waals surface area contributed by atoms with Crippen LogP contribution in [0, 0.1) is 5.92 Å². The lowest BCUT2D eigenvalue weighted by Gasteiger charge is -2.14. The molecule has 156 valence electrons. The van der Waals surface area contributed by atoms with E-state index in [1.165, 1.54) is 0 Å². The Hall–Kier alpha value is -3.52. The van der Waals surface area contributed by atoms with E-state index in [-0.39, 0.29) is 24.2 Å². The molecule has 2 amide bonds. The number of hydrogen-bond donors (Lipinski definition) is 2. The Morgan fingerprint density at radius 1 is 1.16 bits per heavy atom. The van der Waals surface area contributed by atoms with Crippen LogP contribution < -0.4 is 10.2 Å². The normalized spacial score (nSPS) is 16.2. The Morgan fingerprint density at radius 2 is 1.97 bits per heavy atom. The zero-order chi connectivity index (χ0) is 21.2. The number of aromatic nitrogens is 3. The van der Waals surface area contributed by atoms with Crippen molar-refractivity contribution < 1.29 is 9.59 Å². The fourth-order valence-electron chi connectivity index (χ4n) is 3.85. The number of para-hydroxylation sites is 1. The summed E-state index contributed by atoms with van der Waals surface area (Å²) in [5.41, 5.74) is 2.91. The Kier molecular flexibility index (Phi) is 5.21. The van der Waals surface area contributed by atoms with Gasteiger partial charge in [0.1, 0.15) is 0 Å². The number of nitrogens with one attached hydrogen (secondary N) is 2. The molecule has 1 fully saturated rings. The summed E-state index contributed by atoms with van der Waals surface area (Å²) >= 11 is 1.59. The van der Waals surface area contributed by atoms with Crippen LogP contribution in [0.2, 0.25) is 0 Å². The molecule has 0 bridgehead atoms. The quantitative estimate of drug-likeness (QED) is 0.490. The van der Waals surface area contributed by atoms with Gasteiger partial charge >= 0.3 is 0 Å². The van der Waals surface area contributed by atoms with Crippen molar-refractivity contribution in [2.24, 2.45) is 5.92 Å². The molecule has 0 radical (unpaired) electrons. The lowest BCUT2D eigenvalue weighted by atomic mass is 10.1. The summed E-state index contributed by atoms with van der Waals surface area (Å²) in [5, 5.41) is 14.1. The van der Waals surface area contributed by atoms with Crippen LogP contribution in [-0.4, -0.2) is 40.1 Å². The number of benzene rings is 2. The smallest absolute Gasteiger partial charge is 0.229 e. The lowest BCUT2D eigenvalue weighted by Crippen LogP contribution is -2.34. The van der Waals surface area contributed by atoms with Gasteiger partial charge in [-0.1, -0.05) is 42.5 Å². The molecule has 31 heavy (non-hydrogen) atoms. The Balaban J connectivity index is 1.17. The van der Waals surface area contributed by atoms with Crippen LogP contribution in [-0.2, 0) is 16.0 Å². The third-order valence-electron chi connectivity index (χ3n) is 5.46. The molecule has 1 atom stereocenters. The van der Waals surface area contributed by atoms with E-state index in [1.54, 1.807) is 16.2 Å². The zero-order valence-corrected chi connectivity index (χ0v) is 17.6. The molecule has 2 N–H and O–H groups in total. The van der Waals surface area contributed by atoms with Crippen molar-refractivity contribution in [3.8, 4) is 11.3 Å². The van der Waals surface area contributed by atoms with Gasteiger partial charge in [-0.2, -0.15) is 5.10 Å². The molecule has 5 rings (SSSR count). The first-order valence-electron chi connectivity index (χ1n) is 10.2. The Labute approximate surface area is 183 Å². The predicted molar refractivity (Wildman–Crippen MR) is 121 cm³/mol. The van der Waals surface area contributed by atoms with Gasteiger partial charge in [0.05, 0.1) is 22.1 Å². The van der Waals surface area contributed by atoms with E-state index < -0.39 is 0 Å². The molecule has 0 unspecified atom stereocenters. The molecule has 4 aromatic rings. The number of carbonyl (C=O) groups excluding carboxylic acids is 2. The largest absolute Gasteiger partial charge is 0.355 e. The van der Waals surface area contributed by atoms with Gasteiger partial charge < -0.3 is 5.32 Å². The molecular formula is C23H21N5O2S. The van der Waals surface area contributed by atoms with E-state index in [0.29, 0.717) is 25.3 Å². The maximum atomic E-state index is 12.7. The van der Waals surface area contributed by atoms with Gasteiger partial charge in [0.25, 0.3) is 0 Å². The van der Waals surface area contributed by atoms with Crippen molar-refractivity contribution in [1.29, 1.82) is 0 Å². The van der Waals surface area contributed by atoms with E-state index in [0.717, 1.165) is 27.2 Å². The molecule has 2 aromatic heterocycles. The molecule has 1 saturated heterocycles. The summed E-state index contributed by atoms with van der Waals surface area (Å²) in [4.78, 5) is 31.5. The predicted octanol–water partition coefficient (Wildman–Crippen LogP) is 3.40. The van der Waals surface area contributed by atoms with Gasteiger partial charge in [-0.3, -0.25) is 19.6 Å². The van der Waals surface area contributed by atoms with Gasteiger partial charge in [-0.25, -0.2) is 4.98 Å². The Bertz CT molecular complexity index is 1230. The highest BCUT2D eigenvalue weighted by atomic mass is 32.1. The monoisotopic (exact) mass is 431 g/mol. The summed E-state index contributed by atoms with van der Waals surface area (Å²) in [6.07, 6.45) is 0.861. The second kappa shape index (κ2) is 8.31. The van der Waals surface area contributed by atoms with Gasteiger partial charge in [0.2, 0.25) is 11.8 Å². The highest BCUT2D eigenvalue weighted by Crippen LogP contribution is 2.29. The van der Waals surface area contributed by atoms with Gasteiger partial charge in [-0.15, -0.1) is 11.3 Å². The minimum absolute atomic E-state index is 0.0789. The molecule has 2 aromatic carbocycles. The van der Waals surface area contributed by atoms with E-state index in [9.17, 15) is 9.59 Å². The van der Waals surface area contributed by atoms with Crippen LogP contribution in [0.4, 0.5) is 5.82 Å². The molecule has 0 spiro atoms. The zero-order valence-electron chi connectivity index (χ0n) is 16.7. The van der Waals surface area contributed by atoms with Crippen molar-refractivity contribution in [2.45, 2.75) is 12.8 Å². The Morgan fingerprint density at radius 3 is 2.84 bits per heavy atom. The van der Waals surface area contributed by atoms with E-state index in [2.05, 4.69) is 20.5 Å². The van der Waals surface area contributed by atoms with E-state index >= 15 is 0 Å². The van der Waals surface area contributed by atoms with Crippen molar-refractivity contribution in [3.05, 3.63) is 65.0 Å². The topological polar surface area (TPSA) is 91.0 Å². The molecular weight excluding hydrogens is 410 g/mol. The summed E-state index contributed by atoms with van der Waals surface area (Å²) in [7, 11) is 0. The third kappa shape index (κ3) is 3.94.